The second-order valence-corrected chi connectivity index (χ2v) is 12.8. The summed E-state index contributed by atoms with van der Waals surface area (Å²) in [6.45, 7) is 7.72. The van der Waals surface area contributed by atoms with Crippen LogP contribution in [0.1, 0.15) is 68.3 Å². The normalized spacial score (nSPS) is 13.5. The summed E-state index contributed by atoms with van der Waals surface area (Å²) in [6, 6.07) is 13.3. The predicted octanol–water partition coefficient (Wildman–Crippen LogP) is 7.79. The van der Waals surface area contributed by atoms with Crippen molar-refractivity contribution in [3.8, 4) is 23.1 Å². The summed E-state index contributed by atoms with van der Waals surface area (Å²) in [5.74, 6) is -3.97. The van der Waals surface area contributed by atoms with E-state index in [2.05, 4.69) is 30.8 Å². The van der Waals surface area contributed by atoms with Gasteiger partial charge in [0.1, 0.15) is 22.8 Å². The minimum atomic E-state index is -1.30. The lowest BCUT2D eigenvalue weighted by molar-refractivity contribution is -0.121. The van der Waals surface area contributed by atoms with E-state index in [4.69, 9.17) is 14.2 Å². The second-order valence-electron chi connectivity index (χ2n) is 12.8. The van der Waals surface area contributed by atoms with Gasteiger partial charge in [0, 0.05) is 49.1 Å². The van der Waals surface area contributed by atoms with Crippen molar-refractivity contribution in [3.05, 3.63) is 89.4 Å². The fraction of sp³-hybridized carbons (Fsp3) is 0.385. The fourth-order valence-electron chi connectivity index (χ4n) is 5.72. The van der Waals surface area contributed by atoms with Crippen LogP contribution in [-0.2, 0) is 11.2 Å². The van der Waals surface area contributed by atoms with E-state index in [1.807, 2.05) is 26.0 Å². The molecule has 0 aliphatic carbocycles. The standard InChI is InChI=1S/C39H45F3N6O5/c1-4-25(2)44-35(49)15-13-26-12-14-33(34(20-26)51-3)53-38-30(37(50)46-36-31(41)21-27(40)22-32(36)42)24-43-39(47-38)45-28-10-8-11-29(23-28)52-19-9-18-48-16-6-5-7-17-48/h8,10-12,14,20-25H,4-7,9,13,15-19H2,1-3H3,(H,44,49)(H,46,50)(H,43,45,47)/t25-/m1/s1. The summed E-state index contributed by atoms with van der Waals surface area (Å²) in [4.78, 5) is 36.9. The van der Waals surface area contributed by atoms with E-state index >= 15 is 0 Å². The van der Waals surface area contributed by atoms with Gasteiger partial charge in [0.25, 0.3) is 5.91 Å². The molecule has 1 aliphatic rings. The van der Waals surface area contributed by atoms with E-state index < -0.39 is 29.0 Å². The number of rotatable bonds is 17. The highest BCUT2D eigenvalue weighted by Crippen LogP contribution is 2.35. The highest BCUT2D eigenvalue weighted by Gasteiger charge is 2.22. The number of piperidine rings is 1. The zero-order valence-electron chi connectivity index (χ0n) is 30.1. The number of nitrogens with zero attached hydrogens (tertiary/aromatic N) is 3. The van der Waals surface area contributed by atoms with Gasteiger partial charge in [-0.15, -0.1) is 0 Å². The summed E-state index contributed by atoms with van der Waals surface area (Å²) in [5, 5.41) is 8.15. The van der Waals surface area contributed by atoms with Crippen molar-refractivity contribution < 1.29 is 37.0 Å². The van der Waals surface area contributed by atoms with E-state index in [0.29, 0.717) is 36.6 Å². The predicted molar refractivity (Wildman–Crippen MR) is 196 cm³/mol. The molecule has 0 unspecified atom stereocenters. The topological polar surface area (TPSA) is 127 Å². The third-order valence-electron chi connectivity index (χ3n) is 8.77. The van der Waals surface area contributed by atoms with E-state index in [1.165, 1.54) is 26.4 Å². The average Bonchev–Trinajstić information content (AvgIpc) is 3.15. The number of methoxy groups -OCH3 is 1. The Kier molecular flexibility index (Phi) is 13.9. The number of nitrogens with one attached hydrogen (secondary N) is 3. The van der Waals surface area contributed by atoms with Crippen LogP contribution in [0.2, 0.25) is 0 Å². The third-order valence-corrected chi connectivity index (χ3v) is 8.77. The van der Waals surface area contributed by atoms with Crippen LogP contribution in [0.3, 0.4) is 0 Å². The third kappa shape index (κ3) is 11.3. The Morgan fingerprint density at radius 3 is 2.49 bits per heavy atom. The Labute approximate surface area is 307 Å². The quantitative estimate of drug-likeness (QED) is 0.0932. The molecule has 2 heterocycles. The number of amides is 2. The van der Waals surface area contributed by atoms with Crippen molar-refractivity contribution in [1.29, 1.82) is 0 Å². The van der Waals surface area contributed by atoms with Gasteiger partial charge in [0.05, 0.1) is 13.7 Å². The Balaban J connectivity index is 1.35. The van der Waals surface area contributed by atoms with Crippen molar-refractivity contribution in [2.75, 3.05) is 44.0 Å². The molecule has 14 heteroatoms. The molecule has 3 aromatic carbocycles. The Hall–Kier alpha value is -5.37. The Morgan fingerprint density at radius 2 is 1.75 bits per heavy atom. The molecule has 1 saturated heterocycles. The number of benzene rings is 3. The Morgan fingerprint density at radius 1 is 0.981 bits per heavy atom. The summed E-state index contributed by atoms with van der Waals surface area (Å²) in [7, 11) is 1.44. The smallest absolute Gasteiger partial charge is 0.262 e. The van der Waals surface area contributed by atoms with Gasteiger partial charge >= 0.3 is 0 Å². The summed E-state index contributed by atoms with van der Waals surface area (Å²) < 4.78 is 60.1. The van der Waals surface area contributed by atoms with E-state index in [1.54, 1.807) is 30.3 Å². The lowest BCUT2D eigenvalue weighted by Gasteiger charge is -2.26. The van der Waals surface area contributed by atoms with Gasteiger partial charge < -0.3 is 35.1 Å². The molecular formula is C39H45F3N6O5. The SMILES string of the molecule is CC[C@@H](C)NC(=O)CCc1ccc(Oc2nc(Nc3cccc(OCCCN4CCCCC4)c3)ncc2C(=O)Nc2c(F)cc(F)cc2F)c(OC)c1. The molecule has 4 aromatic rings. The van der Waals surface area contributed by atoms with Crippen molar-refractivity contribution in [2.24, 2.45) is 0 Å². The maximum atomic E-state index is 14.5. The molecule has 1 aliphatic heterocycles. The second kappa shape index (κ2) is 18.9. The lowest BCUT2D eigenvalue weighted by atomic mass is 10.1. The molecule has 0 saturated carbocycles. The molecule has 1 atom stereocenters. The molecule has 53 heavy (non-hydrogen) atoms. The molecule has 0 bridgehead atoms. The number of likely N-dealkylation sites (tertiary alicyclic amines) is 1. The molecule has 2 amide bonds. The first-order chi connectivity index (χ1) is 25.6. The van der Waals surface area contributed by atoms with Crippen LogP contribution < -0.4 is 30.2 Å². The first-order valence-electron chi connectivity index (χ1n) is 17.8. The molecule has 5 rings (SSSR count). The van der Waals surface area contributed by atoms with Crippen molar-refractivity contribution >= 4 is 29.1 Å². The fourth-order valence-corrected chi connectivity index (χ4v) is 5.72. The average molecular weight is 735 g/mol. The summed E-state index contributed by atoms with van der Waals surface area (Å²) in [5.41, 5.74) is 0.262. The molecule has 0 radical (unpaired) electrons. The van der Waals surface area contributed by atoms with Crippen LogP contribution in [0.25, 0.3) is 0 Å². The van der Waals surface area contributed by atoms with Crippen LogP contribution >= 0.6 is 0 Å². The monoisotopic (exact) mass is 734 g/mol. The largest absolute Gasteiger partial charge is 0.493 e. The van der Waals surface area contributed by atoms with Crippen molar-refractivity contribution in [1.82, 2.24) is 20.2 Å². The minimum absolute atomic E-state index is 0.0425. The number of halogens is 3. The number of anilines is 3. The number of aryl methyl sites for hydroxylation is 1. The van der Waals surface area contributed by atoms with E-state index in [-0.39, 0.29) is 47.3 Å². The molecule has 282 valence electrons. The highest BCUT2D eigenvalue weighted by molar-refractivity contribution is 6.06. The molecule has 0 spiro atoms. The van der Waals surface area contributed by atoms with Crippen molar-refractivity contribution in [3.63, 3.8) is 0 Å². The van der Waals surface area contributed by atoms with Gasteiger partial charge in [0.2, 0.25) is 17.7 Å². The van der Waals surface area contributed by atoms with Gasteiger partial charge in [-0.3, -0.25) is 9.59 Å². The van der Waals surface area contributed by atoms with Gasteiger partial charge in [-0.2, -0.15) is 4.98 Å². The van der Waals surface area contributed by atoms with E-state index in [0.717, 1.165) is 44.2 Å². The number of hydrogen-bond donors (Lipinski definition) is 3. The van der Waals surface area contributed by atoms with Gasteiger partial charge in [-0.05, 0) is 81.9 Å². The van der Waals surface area contributed by atoms with Gasteiger partial charge in [0.15, 0.2) is 23.1 Å². The lowest BCUT2D eigenvalue weighted by Crippen LogP contribution is -2.31. The number of hydrogen-bond acceptors (Lipinski definition) is 9. The number of ether oxygens (including phenoxy) is 3. The van der Waals surface area contributed by atoms with Crippen LogP contribution in [0.4, 0.5) is 30.5 Å². The van der Waals surface area contributed by atoms with Gasteiger partial charge in [-0.25, -0.2) is 18.2 Å². The summed E-state index contributed by atoms with van der Waals surface area (Å²) in [6.07, 6.45) is 7.31. The van der Waals surface area contributed by atoms with Crippen molar-refractivity contribution in [2.45, 2.75) is 64.8 Å². The van der Waals surface area contributed by atoms with Gasteiger partial charge in [-0.1, -0.05) is 25.5 Å². The molecular weight excluding hydrogens is 689 g/mol. The first kappa shape index (κ1) is 38.9. The molecule has 3 N–H and O–H groups in total. The summed E-state index contributed by atoms with van der Waals surface area (Å²) >= 11 is 0. The van der Waals surface area contributed by atoms with Crippen LogP contribution in [0.15, 0.2) is 60.8 Å². The zero-order valence-corrected chi connectivity index (χ0v) is 30.1. The minimum Gasteiger partial charge on any atom is -0.493 e. The Bertz CT molecular complexity index is 1850. The van der Waals surface area contributed by atoms with Crippen LogP contribution in [0.5, 0.6) is 23.1 Å². The number of carbonyl (C=O) groups is 2. The van der Waals surface area contributed by atoms with E-state index in [9.17, 15) is 22.8 Å². The van der Waals surface area contributed by atoms with Crippen LogP contribution in [-0.4, -0.2) is 66.1 Å². The number of carbonyl (C=O) groups excluding carboxylic acids is 2. The maximum absolute atomic E-state index is 14.5. The number of aromatic nitrogens is 2. The zero-order chi connectivity index (χ0) is 37.7. The molecule has 1 aromatic heterocycles. The highest BCUT2D eigenvalue weighted by atomic mass is 19.1. The first-order valence-corrected chi connectivity index (χ1v) is 17.8. The molecule has 11 nitrogen and oxygen atoms in total. The molecule has 1 fully saturated rings. The van der Waals surface area contributed by atoms with Crippen LogP contribution in [0, 0.1) is 17.5 Å². The maximum Gasteiger partial charge on any atom is 0.262 e.